The molecule has 3 fully saturated rings. The molecule has 4 heteroatoms. The highest BCUT2D eigenvalue weighted by Gasteiger charge is 2.44. The normalized spacial score (nSPS) is 34.2. The Kier molecular flexibility index (Phi) is 2.63. The van der Waals surface area contributed by atoms with Gasteiger partial charge in [0.05, 0.1) is 0 Å². The van der Waals surface area contributed by atoms with E-state index in [0.717, 1.165) is 13.1 Å². The summed E-state index contributed by atoms with van der Waals surface area (Å²) in [5, 5.41) is 6.32. The molecule has 0 aromatic rings. The van der Waals surface area contributed by atoms with E-state index in [1.54, 1.807) is 0 Å². The molecule has 1 aliphatic carbocycles. The molecule has 3 atom stereocenters. The maximum Gasteiger partial charge on any atom is 0.407 e. The van der Waals surface area contributed by atoms with Crippen molar-refractivity contribution in [3.8, 4) is 0 Å². The van der Waals surface area contributed by atoms with Crippen molar-refractivity contribution in [1.29, 1.82) is 0 Å². The van der Waals surface area contributed by atoms with Crippen LogP contribution in [0.3, 0.4) is 0 Å². The Morgan fingerprint density at radius 2 is 1.93 bits per heavy atom. The van der Waals surface area contributed by atoms with E-state index in [4.69, 9.17) is 4.74 Å². The molecule has 3 rings (SSSR count). The SMILES string of the molecule is CC(C)(C)OC(=O)NC1C2CNC[C@H]1C2. The number of hydrogen-bond acceptors (Lipinski definition) is 3. The fourth-order valence-corrected chi connectivity index (χ4v) is 2.43. The number of alkyl carbamates (subject to hydrolysis) is 1. The number of fused-ring (bicyclic) bond motifs is 2. The summed E-state index contributed by atoms with van der Waals surface area (Å²) in [5.74, 6) is 1.22. The third-order valence-corrected chi connectivity index (χ3v) is 3.12. The van der Waals surface area contributed by atoms with Crippen LogP contribution >= 0.6 is 0 Å². The second-order valence-electron chi connectivity index (χ2n) is 5.59. The first-order chi connectivity index (χ1) is 6.96. The lowest BCUT2D eigenvalue weighted by molar-refractivity contribution is 0.0236. The Bertz CT molecular complexity index is 246. The van der Waals surface area contributed by atoms with Crippen LogP contribution < -0.4 is 10.6 Å². The van der Waals surface area contributed by atoms with Gasteiger partial charge in [-0.05, 0) is 52.1 Å². The predicted octanol–water partition coefficient (Wildman–Crippen LogP) is 1.12. The van der Waals surface area contributed by atoms with Crippen molar-refractivity contribution in [2.24, 2.45) is 11.8 Å². The van der Waals surface area contributed by atoms with Crippen LogP contribution in [0.25, 0.3) is 0 Å². The smallest absolute Gasteiger partial charge is 0.407 e. The summed E-state index contributed by atoms with van der Waals surface area (Å²) in [7, 11) is 0. The van der Waals surface area contributed by atoms with Gasteiger partial charge in [0.25, 0.3) is 0 Å². The zero-order chi connectivity index (χ0) is 11.1. The van der Waals surface area contributed by atoms with Gasteiger partial charge < -0.3 is 15.4 Å². The van der Waals surface area contributed by atoms with Crippen molar-refractivity contribution in [3.63, 3.8) is 0 Å². The van der Waals surface area contributed by atoms with Crippen LogP contribution in [-0.4, -0.2) is 30.8 Å². The van der Waals surface area contributed by atoms with E-state index in [9.17, 15) is 4.79 Å². The van der Waals surface area contributed by atoms with Crippen molar-refractivity contribution < 1.29 is 9.53 Å². The summed E-state index contributed by atoms with van der Waals surface area (Å²) in [6.07, 6.45) is 0.970. The molecule has 2 heterocycles. The van der Waals surface area contributed by atoms with Gasteiger partial charge in [-0.15, -0.1) is 0 Å². The van der Waals surface area contributed by atoms with Crippen molar-refractivity contribution in [2.45, 2.75) is 38.8 Å². The van der Waals surface area contributed by atoms with Gasteiger partial charge in [-0.2, -0.15) is 0 Å². The largest absolute Gasteiger partial charge is 0.444 e. The second kappa shape index (κ2) is 3.67. The van der Waals surface area contributed by atoms with Gasteiger partial charge in [-0.3, -0.25) is 0 Å². The van der Waals surface area contributed by atoms with E-state index in [1.165, 1.54) is 6.42 Å². The molecule has 0 spiro atoms. The molecule has 15 heavy (non-hydrogen) atoms. The molecule has 2 saturated heterocycles. The fraction of sp³-hybridized carbons (Fsp3) is 0.909. The van der Waals surface area contributed by atoms with Crippen LogP contribution in [0, 0.1) is 11.8 Å². The molecule has 86 valence electrons. The third kappa shape index (κ3) is 2.43. The predicted molar refractivity (Wildman–Crippen MR) is 57.6 cm³/mol. The van der Waals surface area contributed by atoms with Crippen molar-refractivity contribution in [3.05, 3.63) is 0 Å². The Hall–Kier alpha value is -0.770. The number of nitrogens with one attached hydrogen (secondary N) is 2. The van der Waals surface area contributed by atoms with Crippen molar-refractivity contribution >= 4 is 6.09 Å². The Labute approximate surface area is 90.8 Å². The zero-order valence-electron chi connectivity index (χ0n) is 9.67. The molecule has 2 bridgehead atoms. The van der Waals surface area contributed by atoms with Crippen molar-refractivity contribution in [1.82, 2.24) is 10.6 Å². The Balaban J connectivity index is 1.80. The van der Waals surface area contributed by atoms with Gasteiger partial charge in [0, 0.05) is 6.04 Å². The number of rotatable bonds is 1. The van der Waals surface area contributed by atoms with Crippen LogP contribution in [0.1, 0.15) is 27.2 Å². The molecule has 1 amide bonds. The Morgan fingerprint density at radius 3 is 2.40 bits per heavy atom. The van der Waals surface area contributed by atoms with Crippen LogP contribution in [0.15, 0.2) is 0 Å². The number of ether oxygens (including phenoxy) is 1. The van der Waals surface area contributed by atoms with Gasteiger partial charge in [0.1, 0.15) is 5.60 Å². The average molecular weight is 212 g/mol. The minimum absolute atomic E-state index is 0.274. The quantitative estimate of drug-likeness (QED) is 0.685. The van der Waals surface area contributed by atoms with Crippen LogP contribution in [-0.2, 0) is 4.74 Å². The first-order valence-corrected chi connectivity index (χ1v) is 5.66. The van der Waals surface area contributed by atoms with E-state index < -0.39 is 5.60 Å². The van der Waals surface area contributed by atoms with E-state index in [1.807, 2.05) is 20.8 Å². The monoisotopic (exact) mass is 212 g/mol. The standard InChI is InChI=1S/C11H20N2O2/c1-11(2,3)15-10(14)13-9-7-4-8(9)6-12-5-7/h7-9,12H,4-6H2,1-3H3,(H,13,14)/t7-,8?,9?/m1/s1. The molecule has 0 aromatic heterocycles. The summed E-state index contributed by atoms with van der Waals surface area (Å²) < 4.78 is 5.24. The number of carbonyl (C=O) groups excluding carboxylic acids is 1. The number of piperidine rings is 2. The highest BCUT2D eigenvalue weighted by atomic mass is 16.6. The minimum atomic E-state index is -0.402. The lowest BCUT2D eigenvalue weighted by Crippen LogP contribution is -2.63. The summed E-state index contributed by atoms with van der Waals surface area (Å²) in [6, 6.07) is 0.334. The second-order valence-corrected chi connectivity index (χ2v) is 5.59. The highest BCUT2D eigenvalue weighted by Crippen LogP contribution is 2.36. The van der Waals surface area contributed by atoms with E-state index in [0.29, 0.717) is 17.9 Å². The van der Waals surface area contributed by atoms with Gasteiger partial charge >= 0.3 is 6.09 Å². The van der Waals surface area contributed by atoms with Gasteiger partial charge in [-0.25, -0.2) is 4.79 Å². The van der Waals surface area contributed by atoms with Gasteiger partial charge in [-0.1, -0.05) is 0 Å². The Morgan fingerprint density at radius 1 is 1.33 bits per heavy atom. The zero-order valence-corrected chi connectivity index (χ0v) is 9.67. The van der Waals surface area contributed by atoms with Crippen molar-refractivity contribution in [2.75, 3.05) is 13.1 Å². The van der Waals surface area contributed by atoms with Crippen LogP contribution in [0.4, 0.5) is 4.79 Å². The average Bonchev–Trinajstić information content (AvgIpc) is 2.12. The van der Waals surface area contributed by atoms with Crippen LogP contribution in [0.2, 0.25) is 0 Å². The maximum atomic E-state index is 11.5. The van der Waals surface area contributed by atoms with Gasteiger partial charge in [0.15, 0.2) is 0 Å². The topological polar surface area (TPSA) is 50.4 Å². The molecule has 0 radical (unpaired) electrons. The molecule has 1 saturated carbocycles. The van der Waals surface area contributed by atoms with Crippen LogP contribution in [0.5, 0.6) is 0 Å². The lowest BCUT2D eigenvalue weighted by atomic mass is 9.67. The van der Waals surface area contributed by atoms with Gasteiger partial charge in [0.2, 0.25) is 0 Å². The molecule has 3 aliphatic rings. The molecular weight excluding hydrogens is 192 g/mol. The molecule has 2 aliphatic heterocycles. The lowest BCUT2D eigenvalue weighted by Gasteiger charge is -2.49. The summed E-state index contributed by atoms with van der Waals surface area (Å²) >= 11 is 0. The molecular formula is C11H20N2O2. The van der Waals surface area contributed by atoms with E-state index in [2.05, 4.69) is 10.6 Å². The summed E-state index contributed by atoms with van der Waals surface area (Å²) in [4.78, 5) is 11.5. The first kappa shape index (κ1) is 10.7. The molecule has 4 nitrogen and oxygen atoms in total. The molecule has 2 N–H and O–H groups in total. The number of carbonyl (C=O) groups is 1. The minimum Gasteiger partial charge on any atom is -0.444 e. The summed E-state index contributed by atoms with van der Waals surface area (Å²) in [6.45, 7) is 7.70. The first-order valence-electron chi connectivity index (χ1n) is 5.66. The molecule has 0 aromatic carbocycles. The summed E-state index contributed by atoms with van der Waals surface area (Å²) in [5.41, 5.74) is -0.402. The van der Waals surface area contributed by atoms with E-state index >= 15 is 0 Å². The molecule has 2 unspecified atom stereocenters. The number of amides is 1. The maximum absolute atomic E-state index is 11.5. The highest BCUT2D eigenvalue weighted by molar-refractivity contribution is 5.68. The van der Waals surface area contributed by atoms with E-state index in [-0.39, 0.29) is 6.09 Å². The number of hydrogen-bond donors (Lipinski definition) is 2. The third-order valence-electron chi connectivity index (χ3n) is 3.12. The fourth-order valence-electron chi connectivity index (χ4n) is 2.43.